The Hall–Kier alpha value is -2.94. The second-order valence-corrected chi connectivity index (χ2v) is 7.23. The number of nitrogens with one attached hydrogen (secondary N) is 1. The van der Waals surface area contributed by atoms with Crippen LogP contribution in [0, 0.1) is 0 Å². The maximum Gasteiger partial charge on any atom is 0.247 e. The Kier molecular flexibility index (Phi) is 5.52. The SMILES string of the molecule is CN1CCN(c2ccc(Nc3cnnc(N4CCN(C=O)CC4)n3)cc2)CC1. The Morgan fingerprint density at radius 3 is 2.29 bits per heavy atom. The van der Waals surface area contributed by atoms with Crippen LogP contribution in [0.2, 0.25) is 0 Å². The Balaban J connectivity index is 1.38. The van der Waals surface area contributed by atoms with E-state index in [-0.39, 0.29) is 0 Å². The fraction of sp³-hybridized carbons (Fsp3) is 0.474. The van der Waals surface area contributed by atoms with E-state index in [1.165, 1.54) is 5.69 Å². The molecule has 0 radical (unpaired) electrons. The van der Waals surface area contributed by atoms with Crippen molar-refractivity contribution in [3.05, 3.63) is 30.5 Å². The number of hydrogen-bond donors (Lipinski definition) is 1. The van der Waals surface area contributed by atoms with Crippen molar-refractivity contribution in [3.63, 3.8) is 0 Å². The lowest BCUT2D eigenvalue weighted by molar-refractivity contribution is -0.118. The largest absolute Gasteiger partial charge is 0.369 e. The molecule has 148 valence electrons. The standard InChI is InChI=1S/C19H26N8O/c1-24-6-10-26(11-7-24)17-4-2-16(3-5-17)21-18-14-20-23-19(22-18)27-12-8-25(15-28)9-13-27/h2-5,14-15H,6-13H2,1H3,(H,21,22,23). The van der Waals surface area contributed by atoms with Gasteiger partial charge in [-0.15, -0.1) is 5.10 Å². The summed E-state index contributed by atoms with van der Waals surface area (Å²) in [6.07, 6.45) is 2.51. The van der Waals surface area contributed by atoms with Crippen LogP contribution in [0.25, 0.3) is 0 Å². The third-order valence-electron chi connectivity index (χ3n) is 5.30. The molecule has 1 amide bonds. The summed E-state index contributed by atoms with van der Waals surface area (Å²) in [5.41, 5.74) is 2.21. The number of benzene rings is 1. The maximum atomic E-state index is 10.8. The molecular formula is C19H26N8O. The van der Waals surface area contributed by atoms with E-state index < -0.39 is 0 Å². The molecule has 0 atom stereocenters. The van der Waals surface area contributed by atoms with Crippen molar-refractivity contribution in [3.8, 4) is 0 Å². The molecule has 1 N–H and O–H groups in total. The summed E-state index contributed by atoms with van der Waals surface area (Å²) >= 11 is 0. The van der Waals surface area contributed by atoms with Crippen molar-refractivity contribution in [2.24, 2.45) is 0 Å². The van der Waals surface area contributed by atoms with Crippen LogP contribution in [-0.4, -0.2) is 90.8 Å². The Labute approximate surface area is 165 Å². The highest BCUT2D eigenvalue weighted by Crippen LogP contribution is 2.22. The van der Waals surface area contributed by atoms with Crippen molar-refractivity contribution < 1.29 is 4.79 Å². The normalized spacial score (nSPS) is 18.2. The first-order valence-electron chi connectivity index (χ1n) is 9.66. The van der Waals surface area contributed by atoms with Crippen LogP contribution in [0.3, 0.4) is 0 Å². The maximum absolute atomic E-state index is 10.8. The first-order valence-corrected chi connectivity index (χ1v) is 9.66. The number of amides is 1. The minimum Gasteiger partial charge on any atom is -0.369 e. The summed E-state index contributed by atoms with van der Waals surface area (Å²) in [5, 5.41) is 11.5. The van der Waals surface area contributed by atoms with E-state index in [9.17, 15) is 4.79 Å². The summed E-state index contributed by atoms with van der Waals surface area (Å²) in [4.78, 5) is 24.0. The first kappa shape index (κ1) is 18.4. The van der Waals surface area contributed by atoms with Crippen LogP contribution in [0.1, 0.15) is 0 Å². The van der Waals surface area contributed by atoms with Gasteiger partial charge < -0.3 is 24.9 Å². The summed E-state index contributed by atoms with van der Waals surface area (Å²) in [7, 11) is 2.16. The summed E-state index contributed by atoms with van der Waals surface area (Å²) in [5.74, 6) is 1.25. The third-order valence-corrected chi connectivity index (χ3v) is 5.30. The lowest BCUT2D eigenvalue weighted by Gasteiger charge is -2.34. The molecular weight excluding hydrogens is 356 g/mol. The molecule has 9 heteroatoms. The van der Waals surface area contributed by atoms with E-state index in [4.69, 9.17) is 0 Å². The molecule has 4 rings (SSSR count). The number of nitrogens with zero attached hydrogens (tertiary/aromatic N) is 7. The van der Waals surface area contributed by atoms with Gasteiger partial charge in [-0.25, -0.2) is 0 Å². The van der Waals surface area contributed by atoms with Gasteiger partial charge >= 0.3 is 0 Å². The van der Waals surface area contributed by atoms with Gasteiger partial charge in [0.1, 0.15) is 0 Å². The van der Waals surface area contributed by atoms with Gasteiger partial charge in [0.2, 0.25) is 12.4 Å². The topological polar surface area (TPSA) is 80.7 Å². The zero-order chi connectivity index (χ0) is 19.3. The molecule has 0 aliphatic carbocycles. The summed E-state index contributed by atoms with van der Waals surface area (Å²) in [6, 6.07) is 8.42. The molecule has 2 aliphatic rings. The van der Waals surface area contributed by atoms with Crippen LogP contribution >= 0.6 is 0 Å². The van der Waals surface area contributed by atoms with E-state index in [1.807, 2.05) is 0 Å². The van der Waals surface area contributed by atoms with Crippen molar-refractivity contribution in [1.82, 2.24) is 25.0 Å². The Morgan fingerprint density at radius 2 is 1.61 bits per heavy atom. The predicted molar refractivity (Wildman–Crippen MR) is 109 cm³/mol. The molecule has 2 aliphatic heterocycles. The fourth-order valence-corrected chi connectivity index (χ4v) is 3.48. The number of hydrogen-bond acceptors (Lipinski definition) is 8. The summed E-state index contributed by atoms with van der Waals surface area (Å²) in [6.45, 7) is 7.08. The highest BCUT2D eigenvalue weighted by molar-refractivity contribution is 5.61. The van der Waals surface area contributed by atoms with Crippen LogP contribution in [0.15, 0.2) is 30.5 Å². The van der Waals surface area contributed by atoms with Gasteiger partial charge in [-0.05, 0) is 31.3 Å². The molecule has 2 saturated heterocycles. The van der Waals surface area contributed by atoms with Crippen LogP contribution < -0.4 is 15.1 Å². The number of carbonyl (C=O) groups is 1. The van der Waals surface area contributed by atoms with Gasteiger partial charge in [0.25, 0.3) is 0 Å². The van der Waals surface area contributed by atoms with E-state index in [2.05, 4.69) is 66.5 Å². The van der Waals surface area contributed by atoms with Crippen LogP contribution in [-0.2, 0) is 4.79 Å². The average Bonchev–Trinajstić information content (AvgIpc) is 2.75. The van der Waals surface area contributed by atoms with Gasteiger partial charge in [-0.1, -0.05) is 0 Å². The molecule has 9 nitrogen and oxygen atoms in total. The molecule has 0 bridgehead atoms. The molecule has 0 saturated carbocycles. The molecule has 1 aromatic carbocycles. The zero-order valence-corrected chi connectivity index (χ0v) is 16.2. The lowest BCUT2D eigenvalue weighted by Crippen LogP contribution is -2.46. The second-order valence-electron chi connectivity index (χ2n) is 7.23. The highest BCUT2D eigenvalue weighted by atomic mass is 16.1. The van der Waals surface area contributed by atoms with Crippen LogP contribution in [0.4, 0.5) is 23.1 Å². The molecule has 1 aromatic heterocycles. The van der Waals surface area contributed by atoms with E-state index in [1.54, 1.807) is 11.1 Å². The minimum absolute atomic E-state index is 0.588. The van der Waals surface area contributed by atoms with Gasteiger partial charge in [-0.3, -0.25) is 4.79 Å². The van der Waals surface area contributed by atoms with Gasteiger partial charge in [-0.2, -0.15) is 10.1 Å². The highest BCUT2D eigenvalue weighted by Gasteiger charge is 2.18. The Morgan fingerprint density at radius 1 is 0.929 bits per heavy atom. The molecule has 0 spiro atoms. The van der Waals surface area contributed by atoms with Crippen molar-refractivity contribution in [2.45, 2.75) is 0 Å². The molecule has 2 fully saturated rings. The van der Waals surface area contributed by atoms with Crippen LogP contribution in [0.5, 0.6) is 0 Å². The van der Waals surface area contributed by atoms with E-state index in [0.717, 1.165) is 38.3 Å². The molecule has 3 heterocycles. The second kappa shape index (κ2) is 8.39. The quantitative estimate of drug-likeness (QED) is 0.755. The smallest absolute Gasteiger partial charge is 0.247 e. The first-order chi connectivity index (χ1) is 13.7. The minimum atomic E-state index is 0.588. The van der Waals surface area contributed by atoms with Crippen molar-refractivity contribution >= 4 is 29.6 Å². The van der Waals surface area contributed by atoms with Crippen molar-refractivity contribution in [2.75, 3.05) is 74.5 Å². The lowest BCUT2D eigenvalue weighted by atomic mass is 10.2. The Bertz CT molecular complexity index is 783. The van der Waals surface area contributed by atoms with E-state index >= 15 is 0 Å². The zero-order valence-electron chi connectivity index (χ0n) is 16.2. The number of piperazine rings is 2. The number of carbonyl (C=O) groups excluding carboxylic acids is 1. The van der Waals surface area contributed by atoms with Gasteiger partial charge in [0.15, 0.2) is 5.82 Å². The molecule has 0 unspecified atom stereocenters. The average molecular weight is 382 g/mol. The number of likely N-dealkylation sites (N-methyl/N-ethyl adjacent to an activating group) is 1. The fourth-order valence-electron chi connectivity index (χ4n) is 3.48. The number of anilines is 4. The van der Waals surface area contributed by atoms with Gasteiger partial charge in [0.05, 0.1) is 6.20 Å². The monoisotopic (exact) mass is 382 g/mol. The third kappa shape index (κ3) is 4.30. The predicted octanol–water partition coefficient (Wildman–Crippen LogP) is 0.645. The summed E-state index contributed by atoms with van der Waals surface area (Å²) < 4.78 is 0. The van der Waals surface area contributed by atoms with E-state index in [0.29, 0.717) is 37.9 Å². The number of rotatable bonds is 5. The number of aromatic nitrogens is 3. The van der Waals surface area contributed by atoms with Crippen molar-refractivity contribution in [1.29, 1.82) is 0 Å². The molecule has 28 heavy (non-hydrogen) atoms. The molecule has 2 aromatic rings. The van der Waals surface area contributed by atoms with Gasteiger partial charge in [0, 0.05) is 63.7 Å².